The zero-order valence-corrected chi connectivity index (χ0v) is 16.5. The third-order valence-electron chi connectivity index (χ3n) is 5.58. The smallest absolute Gasteiger partial charge is 0.277 e. The van der Waals surface area contributed by atoms with E-state index in [0.29, 0.717) is 17.6 Å². The average Bonchev–Trinajstić information content (AvgIpc) is 3.23. The van der Waals surface area contributed by atoms with Gasteiger partial charge in [-0.05, 0) is 43.0 Å². The Hall–Kier alpha value is -3.68. The quantitative estimate of drug-likeness (QED) is 0.499. The van der Waals surface area contributed by atoms with Crippen LogP contribution < -0.4 is 15.8 Å². The van der Waals surface area contributed by atoms with Crippen molar-refractivity contribution in [3.63, 3.8) is 0 Å². The van der Waals surface area contributed by atoms with E-state index in [9.17, 15) is 9.59 Å². The molecule has 1 amide bonds. The van der Waals surface area contributed by atoms with Gasteiger partial charge in [0.1, 0.15) is 0 Å². The number of anilines is 1. The van der Waals surface area contributed by atoms with Crippen LogP contribution in [0.1, 0.15) is 28.9 Å². The molecule has 1 aliphatic heterocycles. The third kappa shape index (κ3) is 3.20. The number of nitrogens with zero attached hydrogens (tertiary/aromatic N) is 4. The molecule has 1 aliphatic rings. The number of aromatic nitrogens is 4. The van der Waals surface area contributed by atoms with Gasteiger partial charge in [0.15, 0.2) is 11.2 Å². The summed E-state index contributed by atoms with van der Waals surface area (Å²) in [7, 11) is 0. The number of aromatic amines is 1. The molecule has 8 nitrogen and oxygen atoms in total. The van der Waals surface area contributed by atoms with E-state index in [1.165, 1.54) is 15.8 Å². The van der Waals surface area contributed by atoms with Crippen LogP contribution in [-0.4, -0.2) is 45.4 Å². The van der Waals surface area contributed by atoms with Crippen molar-refractivity contribution in [3.05, 3.63) is 70.1 Å². The zero-order chi connectivity index (χ0) is 20.5. The molecular weight excluding hydrogens is 380 g/mol. The molecule has 8 heteroatoms. The fourth-order valence-corrected chi connectivity index (χ4v) is 4.15. The van der Waals surface area contributed by atoms with Crippen molar-refractivity contribution in [2.45, 2.75) is 19.3 Å². The van der Waals surface area contributed by atoms with Crippen LogP contribution in [0.25, 0.3) is 16.6 Å². The fraction of sp³-hybridized carbons (Fsp3) is 0.273. The minimum absolute atomic E-state index is 0.0466. The molecule has 0 saturated heterocycles. The Morgan fingerprint density at radius 3 is 2.90 bits per heavy atom. The molecule has 0 spiro atoms. The number of aryl methyl sites for hydroxylation is 1. The van der Waals surface area contributed by atoms with Crippen LogP contribution >= 0.6 is 0 Å². The minimum atomic E-state index is -0.384. The van der Waals surface area contributed by atoms with Crippen molar-refractivity contribution in [3.8, 4) is 0 Å². The standard InChI is InChI=1S/C22H22N6O2/c29-21(23-12-6-14-27-13-5-8-15-7-1-3-10-17(15)27)19-20-22(30)24-16-9-2-4-11-18(16)28(20)26-25-19/h1-4,7,9-11H,5-6,8,12-14H2,(H,23,29)(H,24,30). The molecule has 0 fully saturated rings. The first-order chi connectivity index (χ1) is 14.7. The second-order valence-electron chi connectivity index (χ2n) is 7.50. The van der Waals surface area contributed by atoms with Crippen molar-refractivity contribution in [1.29, 1.82) is 0 Å². The zero-order valence-electron chi connectivity index (χ0n) is 16.5. The summed E-state index contributed by atoms with van der Waals surface area (Å²) >= 11 is 0. The van der Waals surface area contributed by atoms with Crippen LogP contribution in [0.5, 0.6) is 0 Å². The summed E-state index contributed by atoms with van der Waals surface area (Å²) in [6.45, 7) is 2.40. The molecule has 0 aliphatic carbocycles. The predicted molar refractivity (Wildman–Crippen MR) is 115 cm³/mol. The Bertz CT molecular complexity index is 1290. The lowest BCUT2D eigenvalue weighted by molar-refractivity contribution is 0.0950. The molecule has 30 heavy (non-hydrogen) atoms. The van der Waals surface area contributed by atoms with Crippen molar-refractivity contribution < 1.29 is 4.79 Å². The highest BCUT2D eigenvalue weighted by Gasteiger charge is 2.20. The number of hydrogen-bond donors (Lipinski definition) is 2. The monoisotopic (exact) mass is 402 g/mol. The van der Waals surface area contributed by atoms with E-state index in [4.69, 9.17) is 0 Å². The van der Waals surface area contributed by atoms with E-state index in [0.717, 1.165) is 32.4 Å². The molecule has 0 bridgehead atoms. The van der Waals surface area contributed by atoms with Crippen LogP contribution in [0.2, 0.25) is 0 Å². The van der Waals surface area contributed by atoms with Crippen molar-refractivity contribution in [2.75, 3.05) is 24.5 Å². The van der Waals surface area contributed by atoms with Gasteiger partial charge in [0.2, 0.25) is 0 Å². The normalized spacial score (nSPS) is 13.5. The number of benzene rings is 2. The first kappa shape index (κ1) is 18.4. The molecule has 0 saturated carbocycles. The third-order valence-corrected chi connectivity index (χ3v) is 5.58. The number of carbonyl (C=O) groups is 1. The Morgan fingerprint density at radius 2 is 1.97 bits per heavy atom. The summed E-state index contributed by atoms with van der Waals surface area (Å²) in [5, 5.41) is 10.9. The van der Waals surface area contributed by atoms with Crippen molar-refractivity contribution in [1.82, 2.24) is 25.1 Å². The second kappa shape index (κ2) is 7.62. The van der Waals surface area contributed by atoms with Crippen LogP contribution in [0.4, 0.5) is 5.69 Å². The summed E-state index contributed by atoms with van der Waals surface area (Å²) in [5.74, 6) is -0.384. The van der Waals surface area contributed by atoms with Crippen LogP contribution in [0, 0.1) is 0 Å². The first-order valence-corrected chi connectivity index (χ1v) is 10.2. The largest absolute Gasteiger partial charge is 0.371 e. The van der Waals surface area contributed by atoms with Crippen LogP contribution in [-0.2, 0) is 6.42 Å². The van der Waals surface area contributed by atoms with E-state index in [1.807, 2.05) is 18.2 Å². The lowest BCUT2D eigenvalue weighted by atomic mass is 10.0. The van der Waals surface area contributed by atoms with E-state index in [1.54, 1.807) is 6.07 Å². The molecule has 2 aromatic carbocycles. The minimum Gasteiger partial charge on any atom is -0.371 e. The van der Waals surface area contributed by atoms with Gasteiger partial charge >= 0.3 is 0 Å². The summed E-state index contributed by atoms with van der Waals surface area (Å²) in [6.07, 6.45) is 3.07. The lowest BCUT2D eigenvalue weighted by Crippen LogP contribution is -2.33. The van der Waals surface area contributed by atoms with Gasteiger partial charge in [-0.15, -0.1) is 5.10 Å². The molecule has 152 valence electrons. The number of para-hydroxylation sites is 3. The van der Waals surface area contributed by atoms with Gasteiger partial charge in [-0.25, -0.2) is 4.52 Å². The van der Waals surface area contributed by atoms with Gasteiger partial charge in [-0.2, -0.15) is 0 Å². The number of hydrogen-bond acceptors (Lipinski definition) is 5. The molecule has 2 aromatic heterocycles. The summed E-state index contributed by atoms with van der Waals surface area (Å²) in [4.78, 5) is 30.3. The van der Waals surface area contributed by atoms with Crippen molar-refractivity contribution in [2.24, 2.45) is 0 Å². The van der Waals surface area contributed by atoms with Gasteiger partial charge in [-0.3, -0.25) is 9.59 Å². The second-order valence-corrected chi connectivity index (χ2v) is 7.50. The Morgan fingerprint density at radius 1 is 1.13 bits per heavy atom. The first-order valence-electron chi connectivity index (χ1n) is 10.2. The maximum absolute atomic E-state index is 12.7. The maximum atomic E-state index is 12.7. The van der Waals surface area contributed by atoms with Gasteiger partial charge in [-0.1, -0.05) is 35.5 Å². The molecule has 5 rings (SSSR count). The molecule has 0 radical (unpaired) electrons. The molecule has 3 heterocycles. The predicted octanol–water partition coefficient (Wildman–Crippen LogP) is 2.14. The van der Waals surface area contributed by atoms with Gasteiger partial charge in [0.25, 0.3) is 11.5 Å². The van der Waals surface area contributed by atoms with Crippen LogP contribution in [0.3, 0.4) is 0 Å². The molecule has 2 N–H and O–H groups in total. The average molecular weight is 402 g/mol. The summed E-state index contributed by atoms with van der Waals surface area (Å²) < 4.78 is 1.42. The van der Waals surface area contributed by atoms with E-state index >= 15 is 0 Å². The summed E-state index contributed by atoms with van der Waals surface area (Å²) in [5.41, 5.74) is 3.85. The van der Waals surface area contributed by atoms with E-state index in [-0.39, 0.29) is 22.7 Å². The number of fused-ring (bicyclic) bond motifs is 4. The SMILES string of the molecule is O=C(NCCCN1CCCc2ccccc21)c1nnn2c1c(=O)[nH]c1ccccc12. The molecular formula is C22H22N6O2. The number of carbonyl (C=O) groups excluding carboxylic acids is 1. The van der Waals surface area contributed by atoms with Crippen molar-refractivity contribution >= 4 is 28.1 Å². The Kier molecular flexibility index (Phi) is 4.66. The highest BCUT2D eigenvalue weighted by Crippen LogP contribution is 2.26. The Balaban J connectivity index is 1.27. The number of rotatable bonds is 5. The fourth-order valence-electron chi connectivity index (χ4n) is 4.15. The highest BCUT2D eigenvalue weighted by atomic mass is 16.2. The highest BCUT2D eigenvalue weighted by molar-refractivity contribution is 5.99. The number of nitrogens with one attached hydrogen (secondary N) is 2. The maximum Gasteiger partial charge on any atom is 0.277 e. The molecule has 0 unspecified atom stereocenters. The lowest BCUT2D eigenvalue weighted by Gasteiger charge is -2.31. The van der Waals surface area contributed by atoms with E-state index < -0.39 is 0 Å². The van der Waals surface area contributed by atoms with Crippen LogP contribution in [0.15, 0.2) is 53.3 Å². The molecule has 0 atom stereocenters. The topological polar surface area (TPSA) is 95.4 Å². The molecule has 4 aromatic rings. The number of amides is 1. The summed E-state index contributed by atoms with van der Waals surface area (Å²) in [6, 6.07) is 15.8. The van der Waals surface area contributed by atoms with Gasteiger partial charge < -0.3 is 15.2 Å². The number of H-pyrrole nitrogens is 1. The van der Waals surface area contributed by atoms with Gasteiger partial charge in [0.05, 0.1) is 11.0 Å². The van der Waals surface area contributed by atoms with E-state index in [2.05, 4.69) is 49.8 Å². The Labute approximate surface area is 172 Å². The van der Waals surface area contributed by atoms with Gasteiger partial charge in [0, 0.05) is 25.3 Å².